The molecule has 1 aromatic heterocycles. The number of rotatable bonds is 5. The Bertz CT molecular complexity index is 626. The highest BCUT2D eigenvalue weighted by atomic mass is 35.5. The van der Waals surface area contributed by atoms with E-state index in [-0.39, 0.29) is 0 Å². The third-order valence-electron chi connectivity index (χ3n) is 3.17. The smallest absolute Gasteiger partial charge is 0.224 e. The normalized spacial score (nSPS) is 11.0. The summed E-state index contributed by atoms with van der Waals surface area (Å²) in [5.41, 5.74) is 3.16. The Kier molecular flexibility index (Phi) is 5.21. The van der Waals surface area contributed by atoms with Crippen molar-refractivity contribution in [1.29, 1.82) is 0 Å². The molecule has 0 unspecified atom stereocenters. The molecule has 0 aliphatic rings. The van der Waals surface area contributed by atoms with Gasteiger partial charge in [0, 0.05) is 23.8 Å². The summed E-state index contributed by atoms with van der Waals surface area (Å²) in [4.78, 5) is 4.53. The SMILES string of the molecule is Cc1cc(C)c(CNC(C)C)c(Oc2ccccc2Cl)n1. The van der Waals surface area contributed by atoms with Crippen LogP contribution in [0.15, 0.2) is 30.3 Å². The van der Waals surface area contributed by atoms with E-state index in [0.717, 1.165) is 23.4 Å². The van der Waals surface area contributed by atoms with Gasteiger partial charge >= 0.3 is 0 Å². The molecule has 0 saturated heterocycles. The van der Waals surface area contributed by atoms with Crippen molar-refractivity contribution in [2.75, 3.05) is 0 Å². The summed E-state index contributed by atoms with van der Waals surface area (Å²) in [6, 6.07) is 9.91. The second-order valence-electron chi connectivity index (χ2n) is 5.43. The lowest BCUT2D eigenvalue weighted by Crippen LogP contribution is -2.23. The molecule has 0 aliphatic carbocycles. The Morgan fingerprint density at radius 3 is 2.62 bits per heavy atom. The Hall–Kier alpha value is -1.58. The van der Waals surface area contributed by atoms with Gasteiger partial charge in [0.15, 0.2) is 0 Å². The zero-order chi connectivity index (χ0) is 15.4. The zero-order valence-corrected chi connectivity index (χ0v) is 13.7. The molecule has 1 aromatic carbocycles. The van der Waals surface area contributed by atoms with Crippen LogP contribution in [0.2, 0.25) is 5.02 Å². The summed E-state index contributed by atoms with van der Waals surface area (Å²) in [6.07, 6.45) is 0. The van der Waals surface area contributed by atoms with Crippen molar-refractivity contribution in [2.24, 2.45) is 0 Å². The second-order valence-corrected chi connectivity index (χ2v) is 5.84. The maximum atomic E-state index is 6.17. The van der Waals surface area contributed by atoms with E-state index in [9.17, 15) is 0 Å². The summed E-state index contributed by atoms with van der Waals surface area (Å²) < 4.78 is 5.95. The van der Waals surface area contributed by atoms with Crippen molar-refractivity contribution in [3.8, 4) is 11.6 Å². The fourth-order valence-corrected chi connectivity index (χ4v) is 2.24. The van der Waals surface area contributed by atoms with Gasteiger partial charge in [-0.1, -0.05) is 37.6 Å². The van der Waals surface area contributed by atoms with E-state index in [1.165, 1.54) is 0 Å². The van der Waals surface area contributed by atoms with Crippen LogP contribution in [-0.2, 0) is 6.54 Å². The number of para-hydroxylation sites is 1. The highest BCUT2D eigenvalue weighted by Gasteiger charge is 2.13. The van der Waals surface area contributed by atoms with Crippen LogP contribution in [0.4, 0.5) is 0 Å². The Balaban J connectivity index is 2.35. The molecular formula is C17H21ClN2O. The molecule has 4 heteroatoms. The van der Waals surface area contributed by atoms with Gasteiger partial charge in [0.25, 0.3) is 0 Å². The molecule has 0 atom stereocenters. The molecule has 0 amide bonds. The lowest BCUT2D eigenvalue weighted by molar-refractivity contribution is 0.448. The van der Waals surface area contributed by atoms with Crippen LogP contribution < -0.4 is 10.1 Å². The van der Waals surface area contributed by atoms with Gasteiger partial charge in [-0.25, -0.2) is 4.98 Å². The summed E-state index contributed by atoms with van der Waals surface area (Å²) in [6.45, 7) is 8.99. The number of halogens is 1. The average molecular weight is 305 g/mol. The molecule has 0 spiro atoms. The van der Waals surface area contributed by atoms with Gasteiger partial charge in [0.05, 0.1) is 5.02 Å². The maximum Gasteiger partial charge on any atom is 0.224 e. The van der Waals surface area contributed by atoms with Crippen molar-refractivity contribution >= 4 is 11.6 Å². The van der Waals surface area contributed by atoms with Crippen LogP contribution in [0.5, 0.6) is 11.6 Å². The first-order valence-electron chi connectivity index (χ1n) is 7.10. The standard InChI is InChI=1S/C17H21ClN2O/c1-11(2)19-10-14-12(3)9-13(4)20-17(14)21-16-8-6-5-7-15(16)18/h5-9,11,19H,10H2,1-4H3. The molecule has 0 fully saturated rings. The number of hydrogen-bond donors (Lipinski definition) is 1. The van der Waals surface area contributed by atoms with Gasteiger partial charge in [-0.15, -0.1) is 0 Å². The van der Waals surface area contributed by atoms with Gasteiger partial charge in [0.2, 0.25) is 5.88 Å². The van der Waals surface area contributed by atoms with Gasteiger partial charge in [-0.3, -0.25) is 0 Å². The topological polar surface area (TPSA) is 34.1 Å². The molecule has 2 aromatic rings. The quantitative estimate of drug-likeness (QED) is 0.873. The molecule has 1 heterocycles. The van der Waals surface area contributed by atoms with Crippen molar-refractivity contribution in [3.05, 3.63) is 52.2 Å². The molecule has 0 bridgehead atoms. The molecule has 1 N–H and O–H groups in total. The Labute approximate surface area is 131 Å². The van der Waals surface area contributed by atoms with Gasteiger partial charge in [0.1, 0.15) is 5.75 Å². The number of ether oxygens (including phenoxy) is 1. The van der Waals surface area contributed by atoms with Crippen LogP contribution in [0.3, 0.4) is 0 Å². The minimum atomic E-state index is 0.402. The monoisotopic (exact) mass is 304 g/mol. The van der Waals surface area contributed by atoms with Crippen molar-refractivity contribution in [1.82, 2.24) is 10.3 Å². The van der Waals surface area contributed by atoms with Crippen molar-refractivity contribution in [3.63, 3.8) is 0 Å². The van der Waals surface area contributed by atoms with Crippen LogP contribution in [0.1, 0.15) is 30.7 Å². The van der Waals surface area contributed by atoms with Gasteiger partial charge in [-0.2, -0.15) is 0 Å². The van der Waals surface area contributed by atoms with E-state index in [2.05, 4.69) is 37.1 Å². The van der Waals surface area contributed by atoms with Crippen molar-refractivity contribution in [2.45, 2.75) is 40.3 Å². The number of aryl methyl sites for hydroxylation is 2. The van der Waals surface area contributed by atoms with E-state index in [0.29, 0.717) is 22.7 Å². The summed E-state index contributed by atoms with van der Waals surface area (Å²) >= 11 is 6.17. The molecule has 2 rings (SSSR count). The molecule has 0 saturated carbocycles. The fourth-order valence-electron chi connectivity index (χ4n) is 2.07. The van der Waals surface area contributed by atoms with Crippen molar-refractivity contribution < 1.29 is 4.74 Å². The van der Waals surface area contributed by atoms with Crippen LogP contribution in [0.25, 0.3) is 0 Å². The number of benzene rings is 1. The summed E-state index contributed by atoms with van der Waals surface area (Å²) in [5, 5.41) is 3.99. The van der Waals surface area contributed by atoms with E-state index < -0.39 is 0 Å². The summed E-state index contributed by atoms with van der Waals surface area (Å²) in [5.74, 6) is 1.25. The molecule has 0 aliphatic heterocycles. The maximum absolute atomic E-state index is 6.17. The van der Waals surface area contributed by atoms with Crippen LogP contribution >= 0.6 is 11.6 Å². The first-order chi connectivity index (χ1) is 9.97. The molecule has 0 radical (unpaired) electrons. The first kappa shape index (κ1) is 15.8. The number of nitrogens with zero attached hydrogens (tertiary/aromatic N) is 1. The lowest BCUT2D eigenvalue weighted by atomic mass is 10.1. The van der Waals surface area contributed by atoms with E-state index in [4.69, 9.17) is 16.3 Å². The minimum absolute atomic E-state index is 0.402. The van der Waals surface area contributed by atoms with Gasteiger partial charge in [-0.05, 0) is 37.6 Å². The van der Waals surface area contributed by atoms with E-state index in [1.54, 1.807) is 0 Å². The highest BCUT2D eigenvalue weighted by Crippen LogP contribution is 2.31. The van der Waals surface area contributed by atoms with Crippen LogP contribution in [-0.4, -0.2) is 11.0 Å². The third kappa shape index (κ3) is 4.19. The predicted octanol–water partition coefficient (Wildman–Crippen LogP) is 4.64. The summed E-state index contributed by atoms with van der Waals surface area (Å²) in [7, 11) is 0. The Morgan fingerprint density at radius 1 is 1.24 bits per heavy atom. The van der Waals surface area contributed by atoms with E-state index in [1.807, 2.05) is 31.2 Å². The molecule has 112 valence electrons. The third-order valence-corrected chi connectivity index (χ3v) is 3.48. The number of nitrogens with one attached hydrogen (secondary N) is 1. The molecular weight excluding hydrogens is 284 g/mol. The van der Waals surface area contributed by atoms with E-state index >= 15 is 0 Å². The predicted molar refractivity (Wildman–Crippen MR) is 87.2 cm³/mol. The Morgan fingerprint density at radius 2 is 1.95 bits per heavy atom. The first-order valence-corrected chi connectivity index (χ1v) is 7.48. The molecule has 21 heavy (non-hydrogen) atoms. The number of pyridine rings is 1. The largest absolute Gasteiger partial charge is 0.437 e. The van der Waals surface area contributed by atoms with Crippen LogP contribution in [0, 0.1) is 13.8 Å². The molecule has 3 nitrogen and oxygen atoms in total. The lowest BCUT2D eigenvalue weighted by Gasteiger charge is -2.16. The second kappa shape index (κ2) is 6.92. The number of aromatic nitrogens is 1. The zero-order valence-electron chi connectivity index (χ0n) is 12.9. The minimum Gasteiger partial charge on any atom is -0.437 e. The highest BCUT2D eigenvalue weighted by molar-refractivity contribution is 6.32. The van der Waals surface area contributed by atoms with Gasteiger partial charge < -0.3 is 10.1 Å². The fraction of sp³-hybridized carbons (Fsp3) is 0.353. The number of hydrogen-bond acceptors (Lipinski definition) is 3. The average Bonchev–Trinajstić information content (AvgIpc) is 2.40.